The van der Waals surface area contributed by atoms with Gasteiger partial charge in [0.05, 0.1) is 0 Å². The number of aromatic nitrogens is 1. The summed E-state index contributed by atoms with van der Waals surface area (Å²) in [5, 5.41) is 3.53. The van der Waals surface area contributed by atoms with Gasteiger partial charge in [0.25, 0.3) is 5.91 Å². The molecule has 0 radical (unpaired) electrons. The summed E-state index contributed by atoms with van der Waals surface area (Å²) in [5.74, 6) is 2.45. The summed E-state index contributed by atoms with van der Waals surface area (Å²) in [5.41, 5.74) is 6.30. The predicted octanol–water partition coefficient (Wildman–Crippen LogP) is 1.03. The fourth-order valence-electron chi connectivity index (χ4n) is 1.80. The molecule has 1 saturated heterocycles. The van der Waals surface area contributed by atoms with Gasteiger partial charge in [0.2, 0.25) is 0 Å². The van der Waals surface area contributed by atoms with E-state index in [4.69, 9.17) is 5.73 Å². The highest BCUT2D eigenvalue weighted by Crippen LogP contribution is 2.31. The van der Waals surface area contributed by atoms with Gasteiger partial charge in [-0.05, 0) is 23.7 Å². The van der Waals surface area contributed by atoms with Crippen LogP contribution in [0.2, 0.25) is 0 Å². The second-order valence-electron chi connectivity index (χ2n) is 3.78. The van der Waals surface area contributed by atoms with Crippen LogP contribution in [0.3, 0.4) is 0 Å². The molecule has 1 aromatic heterocycles. The molecule has 2 heterocycles. The summed E-state index contributed by atoms with van der Waals surface area (Å²) in [6.07, 6.45) is 1.13. The smallest absolute Gasteiger partial charge is 0.257 e. The van der Waals surface area contributed by atoms with Crippen LogP contribution in [-0.2, 0) is 0 Å². The minimum Gasteiger partial charge on any atom is -0.382 e. The summed E-state index contributed by atoms with van der Waals surface area (Å²) < 4.78 is 4.10. The van der Waals surface area contributed by atoms with Crippen LogP contribution in [-0.4, -0.2) is 41.9 Å². The SMILES string of the molecule is CNC(=O)c1c(N)nsc1N1CCCSCC1. The molecule has 0 unspecified atom stereocenters. The largest absolute Gasteiger partial charge is 0.382 e. The van der Waals surface area contributed by atoms with Gasteiger partial charge in [-0.15, -0.1) is 0 Å². The zero-order chi connectivity index (χ0) is 12.3. The zero-order valence-electron chi connectivity index (χ0n) is 9.73. The van der Waals surface area contributed by atoms with Crippen molar-refractivity contribution in [2.75, 3.05) is 42.3 Å². The number of amides is 1. The fraction of sp³-hybridized carbons (Fsp3) is 0.600. The van der Waals surface area contributed by atoms with Crippen molar-refractivity contribution < 1.29 is 4.79 Å². The maximum absolute atomic E-state index is 11.8. The molecule has 0 aromatic carbocycles. The second kappa shape index (κ2) is 5.59. The van der Waals surface area contributed by atoms with E-state index in [2.05, 4.69) is 14.6 Å². The Labute approximate surface area is 109 Å². The summed E-state index contributed by atoms with van der Waals surface area (Å²) >= 11 is 3.27. The molecule has 7 heteroatoms. The first-order valence-electron chi connectivity index (χ1n) is 5.54. The lowest BCUT2D eigenvalue weighted by Gasteiger charge is -2.20. The van der Waals surface area contributed by atoms with Crippen LogP contribution >= 0.6 is 23.3 Å². The molecule has 0 spiro atoms. The zero-order valence-corrected chi connectivity index (χ0v) is 11.4. The number of thioether (sulfide) groups is 1. The number of rotatable bonds is 2. The first-order chi connectivity index (χ1) is 8.24. The van der Waals surface area contributed by atoms with Crippen LogP contribution in [0.5, 0.6) is 0 Å². The predicted molar refractivity (Wildman–Crippen MR) is 74.1 cm³/mol. The maximum Gasteiger partial charge on any atom is 0.257 e. The lowest BCUT2D eigenvalue weighted by Crippen LogP contribution is -2.28. The summed E-state index contributed by atoms with van der Waals surface area (Å²) in [4.78, 5) is 14.0. The van der Waals surface area contributed by atoms with Crippen LogP contribution < -0.4 is 16.0 Å². The van der Waals surface area contributed by atoms with E-state index in [1.807, 2.05) is 11.8 Å². The number of nitrogen functional groups attached to an aromatic ring is 1. The number of hydrogen-bond acceptors (Lipinski definition) is 6. The molecule has 0 bridgehead atoms. The lowest BCUT2D eigenvalue weighted by molar-refractivity contribution is 0.0964. The Bertz CT molecular complexity index is 399. The number of nitrogens with two attached hydrogens (primary N) is 1. The molecule has 1 fully saturated rings. The molecule has 5 nitrogen and oxygen atoms in total. The third-order valence-electron chi connectivity index (χ3n) is 2.66. The van der Waals surface area contributed by atoms with Gasteiger partial charge < -0.3 is 16.0 Å². The van der Waals surface area contributed by atoms with Crippen LogP contribution in [0.1, 0.15) is 16.8 Å². The molecule has 17 heavy (non-hydrogen) atoms. The van der Waals surface area contributed by atoms with Gasteiger partial charge in [-0.1, -0.05) is 0 Å². The minimum atomic E-state index is -0.150. The van der Waals surface area contributed by atoms with Crippen molar-refractivity contribution in [2.24, 2.45) is 0 Å². The van der Waals surface area contributed by atoms with E-state index in [1.54, 1.807) is 7.05 Å². The van der Waals surface area contributed by atoms with E-state index in [0.29, 0.717) is 11.4 Å². The van der Waals surface area contributed by atoms with Gasteiger partial charge in [0, 0.05) is 25.9 Å². The van der Waals surface area contributed by atoms with Crippen molar-refractivity contribution in [3.05, 3.63) is 5.56 Å². The Balaban J connectivity index is 2.27. The van der Waals surface area contributed by atoms with Crippen molar-refractivity contribution in [3.63, 3.8) is 0 Å². The summed E-state index contributed by atoms with van der Waals surface area (Å²) in [7, 11) is 1.61. The molecule has 0 aliphatic carbocycles. The van der Waals surface area contributed by atoms with E-state index < -0.39 is 0 Å². The van der Waals surface area contributed by atoms with Crippen molar-refractivity contribution in [1.82, 2.24) is 9.69 Å². The van der Waals surface area contributed by atoms with E-state index in [1.165, 1.54) is 17.3 Å². The molecule has 1 aliphatic heterocycles. The quantitative estimate of drug-likeness (QED) is 0.841. The van der Waals surface area contributed by atoms with Gasteiger partial charge in [-0.2, -0.15) is 16.1 Å². The Hall–Kier alpha value is -0.950. The number of carbonyl (C=O) groups excluding carboxylic acids is 1. The third-order valence-corrected chi connectivity index (χ3v) is 4.64. The van der Waals surface area contributed by atoms with Crippen LogP contribution in [0.15, 0.2) is 0 Å². The van der Waals surface area contributed by atoms with Crippen molar-refractivity contribution in [3.8, 4) is 0 Å². The number of nitrogens with one attached hydrogen (secondary N) is 1. The highest BCUT2D eigenvalue weighted by molar-refractivity contribution is 7.99. The Morgan fingerprint density at radius 3 is 3.06 bits per heavy atom. The summed E-state index contributed by atoms with van der Waals surface area (Å²) in [6, 6.07) is 0. The van der Waals surface area contributed by atoms with Crippen LogP contribution in [0.25, 0.3) is 0 Å². The molecule has 94 valence electrons. The lowest BCUT2D eigenvalue weighted by atomic mass is 10.2. The van der Waals surface area contributed by atoms with E-state index in [0.717, 1.165) is 30.3 Å². The number of anilines is 2. The molecular formula is C10H16N4OS2. The van der Waals surface area contributed by atoms with E-state index >= 15 is 0 Å². The number of nitrogens with zero attached hydrogens (tertiary/aromatic N) is 2. The second-order valence-corrected chi connectivity index (χ2v) is 5.76. The molecule has 0 saturated carbocycles. The van der Waals surface area contributed by atoms with Crippen LogP contribution in [0, 0.1) is 0 Å². The molecule has 1 amide bonds. The first-order valence-corrected chi connectivity index (χ1v) is 7.46. The molecule has 3 N–H and O–H groups in total. The van der Waals surface area contributed by atoms with E-state index in [-0.39, 0.29) is 5.91 Å². The minimum absolute atomic E-state index is 0.150. The molecule has 0 atom stereocenters. The number of hydrogen-bond donors (Lipinski definition) is 2. The monoisotopic (exact) mass is 272 g/mol. The van der Waals surface area contributed by atoms with Crippen molar-refractivity contribution >= 4 is 40.0 Å². The molecule has 1 aliphatic rings. The maximum atomic E-state index is 11.8. The Kier molecular flexibility index (Phi) is 4.11. The summed E-state index contributed by atoms with van der Waals surface area (Å²) in [6.45, 7) is 1.93. The van der Waals surface area contributed by atoms with E-state index in [9.17, 15) is 4.79 Å². The van der Waals surface area contributed by atoms with Gasteiger partial charge >= 0.3 is 0 Å². The fourth-order valence-corrected chi connectivity index (χ4v) is 3.55. The molecular weight excluding hydrogens is 256 g/mol. The normalized spacial score (nSPS) is 16.6. The average Bonchev–Trinajstić information content (AvgIpc) is 2.57. The Morgan fingerprint density at radius 1 is 1.47 bits per heavy atom. The standard InChI is InChI=1S/C10H16N4OS2/c1-12-9(15)7-8(11)13-17-10(7)14-3-2-5-16-6-4-14/h2-6H2,1H3,(H2,11,13)(H,12,15). The van der Waals surface area contributed by atoms with Gasteiger partial charge in [0.1, 0.15) is 10.6 Å². The highest BCUT2D eigenvalue weighted by atomic mass is 32.2. The molecule has 1 aromatic rings. The topological polar surface area (TPSA) is 71.2 Å². The molecule has 2 rings (SSSR count). The van der Waals surface area contributed by atoms with Gasteiger partial charge in [-0.25, -0.2) is 0 Å². The van der Waals surface area contributed by atoms with Crippen molar-refractivity contribution in [2.45, 2.75) is 6.42 Å². The van der Waals surface area contributed by atoms with Crippen molar-refractivity contribution in [1.29, 1.82) is 0 Å². The van der Waals surface area contributed by atoms with Gasteiger partial charge in [-0.3, -0.25) is 4.79 Å². The van der Waals surface area contributed by atoms with Crippen LogP contribution in [0.4, 0.5) is 10.8 Å². The Morgan fingerprint density at radius 2 is 2.29 bits per heavy atom. The average molecular weight is 272 g/mol. The third kappa shape index (κ3) is 2.66. The highest BCUT2D eigenvalue weighted by Gasteiger charge is 2.23. The first kappa shape index (κ1) is 12.5. The van der Waals surface area contributed by atoms with Gasteiger partial charge in [0.15, 0.2) is 5.82 Å². The number of carbonyl (C=O) groups is 1.